The molecule has 4 rings (SSSR count). The molecule has 32 heavy (non-hydrogen) atoms. The van der Waals surface area contributed by atoms with Gasteiger partial charge in [0.25, 0.3) is 0 Å². The predicted molar refractivity (Wildman–Crippen MR) is 118 cm³/mol. The number of carbonyl (C=O) groups excluding carboxylic acids is 1. The summed E-state index contributed by atoms with van der Waals surface area (Å²) in [5.41, 5.74) is 3.28. The fourth-order valence-electron chi connectivity index (χ4n) is 3.57. The minimum absolute atomic E-state index is 0.0720. The van der Waals surface area contributed by atoms with Crippen molar-refractivity contribution in [2.45, 2.75) is 19.3 Å². The minimum atomic E-state index is -1.02. The largest absolute Gasteiger partial charge is 0.489 e. The maximum Gasteiger partial charge on any atom is 0.357 e. The van der Waals surface area contributed by atoms with E-state index in [1.54, 1.807) is 6.20 Å². The third kappa shape index (κ3) is 4.43. The van der Waals surface area contributed by atoms with E-state index in [4.69, 9.17) is 14.2 Å². The maximum absolute atomic E-state index is 12.7. The van der Waals surface area contributed by atoms with Crippen LogP contribution >= 0.6 is 0 Å². The molecular weight excluding hydrogens is 412 g/mol. The van der Waals surface area contributed by atoms with Crippen LogP contribution in [0.25, 0.3) is 21.8 Å². The molecule has 3 N–H and O–H groups in total. The molecule has 8 nitrogen and oxygen atoms in total. The third-order valence-electron chi connectivity index (χ3n) is 5.12. The summed E-state index contributed by atoms with van der Waals surface area (Å²) in [5, 5.41) is 20.1. The zero-order valence-corrected chi connectivity index (χ0v) is 17.6. The lowest BCUT2D eigenvalue weighted by Crippen LogP contribution is -2.26. The number of pyridine rings is 1. The first-order valence-electron chi connectivity index (χ1n) is 10.2. The molecule has 0 fully saturated rings. The first-order chi connectivity index (χ1) is 15.6. The second-order valence-electron chi connectivity index (χ2n) is 7.31. The Labute approximate surface area is 184 Å². The monoisotopic (exact) mass is 436 g/mol. The molecule has 2 aromatic carbocycles. The van der Waals surface area contributed by atoms with E-state index in [1.165, 1.54) is 7.11 Å². The van der Waals surface area contributed by atoms with Crippen LogP contribution in [-0.4, -0.2) is 52.6 Å². The van der Waals surface area contributed by atoms with Gasteiger partial charge in [-0.15, -0.1) is 0 Å². The van der Waals surface area contributed by atoms with E-state index in [-0.39, 0.29) is 12.3 Å². The first-order valence-corrected chi connectivity index (χ1v) is 10.2. The highest BCUT2D eigenvalue weighted by molar-refractivity contribution is 6.11. The van der Waals surface area contributed by atoms with Gasteiger partial charge >= 0.3 is 5.97 Å². The van der Waals surface area contributed by atoms with Crippen molar-refractivity contribution in [3.05, 3.63) is 71.5 Å². The molecule has 0 aliphatic heterocycles. The number of rotatable bonds is 9. The topological polar surface area (TPSA) is 114 Å². The molecule has 0 atom stereocenters. The second-order valence-corrected chi connectivity index (χ2v) is 7.31. The Balaban J connectivity index is 1.74. The molecule has 166 valence electrons. The molecule has 0 unspecified atom stereocenters. The van der Waals surface area contributed by atoms with Crippen molar-refractivity contribution in [3.63, 3.8) is 0 Å². The highest BCUT2D eigenvalue weighted by atomic mass is 16.6. The maximum atomic E-state index is 12.7. The van der Waals surface area contributed by atoms with E-state index in [1.807, 2.05) is 48.5 Å². The number of aliphatic hydroxyl groups excluding tert-OH is 2. The Morgan fingerprint density at radius 3 is 2.56 bits per heavy atom. The zero-order chi connectivity index (χ0) is 22.5. The van der Waals surface area contributed by atoms with Gasteiger partial charge in [-0.3, -0.25) is 0 Å². The Morgan fingerprint density at radius 2 is 1.84 bits per heavy atom. The van der Waals surface area contributed by atoms with Crippen LogP contribution in [-0.2, 0) is 22.7 Å². The zero-order valence-electron chi connectivity index (χ0n) is 17.6. The summed E-state index contributed by atoms with van der Waals surface area (Å²) in [6.45, 7) is -0.416. The number of fused-ring (bicyclic) bond motifs is 3. The van der Waals surface area contributed by atoms with Crippen molar-refractivity contribution in [1.82, 2.24) is 9.97 Å². The van der Waals surface area contributed by atoms with Gasteiger partial charge in [-0.2, -0.15) is 0 Å². The second kappa shape index (κ2) is 9.78. The van der Waals surface area contributed by atoms with Crippen LogP contribution in [0.4, 0.5) is 0 Å². The number of nitrogens with zero attached hydrogens (tertiary/aromatic N) is 1. The molecule has 0 bridgehead atoms. The Kier molecular flexibility index (Phi) is 6.65. The number of hydrogen-bond acceptors (Lipinski definition) is 7. The number of aromatic nitrogens is 2. The van der Waals surface area contributed by atoms with Crippen molar-refractivity contribution in [2.24, 2.45) is 0 Å². The Hall–Kier alpha value is -3.46. The van der Waals surface area contributed by atoms with Crippen LogP contribution < -0.4 is 4.74 Å². The Bertz CT molecular complexity index is 1220. The number of carbonyl (C=O) groups is 1. The summed E-state index contributed by atoms with van der Waals surface area (Å²) in [7, 11) is 1.53. The molecule has 2 aromatic heterocycles. The summed E-state index contributed by atoms with van der Waals surface area (Å²) >= 11 is 0. The van der Waals surface area contributed by atoms with E-state index in [0.717, 1.165) is 27.4 Å². The number of hydrogen-bond donors (Lipinski definition) is 3. The number of benzene rings is 2. The van der Waals surface area contributed by atoms with Crippen LogP contribution in [0, 0.1) is 0 Å². The number of esters is 1. The van der Waals surface area contributed by atoms with Crippen LogP contribution in [0.3, 0.4) is 0 Å². The van der Waals surface area contributed by atoms with Crippen LogP contribution in [0.5, 0.6) is 5.75 Å². The number of methoxy groups -OCH3 is 1. The van der Waals surface area contributed by atoms with Gasteiger partial charge in [-0.25, -0.2) is 9.78 Å². The van der Waals surface area contributed by atoms with Crippen molar-refractivity contribution in [1.29, 1.82) is 0 Å². The van der Waals surface area contributed by atoms with Crippen molar-refractivity contribution >= 4 is 27.8 Å². The minimum Gasteiger partial charge on any atom is -0.489 e. The van der Waals surface area contributed by atoms with Crippen LogP contribution in [0.2, 0.25) is 0 Å². The van der Waals surface area contributed by atoms with Crippen molar-refractivity contribution in [2.75, 3.05) is 20.3 Å². The number of ether oxygens (including phenoxy) is 3. The lowest BCUT2D eigenvalue weighted by molar-refractivity contribution is -0.00623. The highest BCUT2D eigenvalue weighted by Crippen LogP contribution is 2.33. The van der Waals surface area contributed by atoms with Gasteiger partial charge in [0.05, 0.1) is 31.5 Å². The fraction of sp³-hybridized carbons (Fsp3) is 0.250. The average Bonchev–Trinajstić information content (AvgIpc) is 3.20. The lowest BCUT2D eigenvalue weighted by Gasteiger charge is -2.14. The first kappa shape index (κ1) is 21.8. The van der Waals surface area contributed by atoms with Gasteiger partial charge in [0.15, 0.2) is 5.69 Å². The molecule has 4 aromatic rings. The molecule has 2 heterocycles. The number of aliphatic hydroxyl groups is 2. The number of aromatic amines is 1. The van der Waals surface area contributed by atoms with Crippen molar-refractivity contribution < 1.29 is 29.2 Å². The van der Waals surface area contributed by atoms with E-state index in [9.17, 15) is 15.0 Å². The molecular formula is C24H24N2O6. The van der Waals surface area contributed by atoms with E-state index in [2.05, 4.69) is 9.97 Å². The van der Waals surface area contributed by atoms with Crippen LogP contribution in [0.15, 0.2) is 54.7 Å². The highest BCUT2D eigenvalue weighted by Gasteiger charge is 2.23. The van der Waals surface area contributed by atoms with Gasteiger partial charge < -0.3 is 29.4 Å². The molecule has 0 saturated carbocycles. The number of H-pyrrole nitrogens is 1. The van der Waals surface area contributed by atoms with Gasteiger partial charge in [0, 0.05) is 29.0 Å². The van der Waals surface area contributed by atoms with E-state index in [0.29, 0.717) is 17.9 Å². The molecule has 0 saturated heterocycles. The normalized spacial score (nSPS) is 11.4. The summed E-state index contributed by atoms with van der Waals surface area (Å²) in [6, 6.07) is 15.6. The Morgan fingerprint density at radius 1 is 1.06 bits per heavy atom. The summed E-state index contributed by atoms with van der Waals surface area (Å²) in [4.78, 5) is 20.3. The van der Waals surface area contributed by atoms with E-state index < -0.39 is 25.3 Å². The van der Waals surface area contributed by atoms with Gasteiger partial charge in [0.1, 0.15) is 18.5 Å². The predicted octanol–water partition coefficient (Wildman–Crippen LogP) is 2.95. The smallest absolute Gasteiger partial charge is 0.357 e. The molecule has 0 spiro atoms. The van der Waals surface area contributed by atoms with Crippen molar-refractivity contribution in [3.8, 4) is 5.75 Å². The fourth-order valence-corrected chi connectivity index (χ4v) is 3.57. The van der Waals surface area contributed by atoms with Gasteiger partial charge in [-0.1, -0.05) is 30.3 Å². The molecule has 0 aliphatic carbocycles. The summed E-state index contributed by atoms with van der Waals surface area (Å²) in [6.07, 6.45) is 0.541. The molecule has 0 amide bonds. The molecule has 0 aliphatic rings. The standard InChI is InChI=1S/C24H24N2O6/c1-30-14-19-22-18-9-16(31-13-15-5-3-2-4-6-15)7-8-20(18)26-21(22)10-25-23(19)24(29)32-17(11-27)12-28/h2-10,17,26-28H,11-14H2,1H3. The van der Waals surface area contributed by atoms with E-state index >= 15 is 0 Å². The quantitative estimate of drug-likeness (QED) is 0.346. The average molecular weight is 436 g/mol. The summed E-state index contributed by atoms with van der Waals surface area (Å²) < 4.78 is 16.5. The van der Waals surface area contributed by atoms with Gasteiger partial charge in [0.2, 0.25) is 0 Å². The van der Waals surface area contributed by atoms with Gasteiger partial charge in [-0.05, 0) is 23.8 Å². The third-order valence-corrected chi connectivity index (χ3v) is 5.12. The van der Waals surface area contributed by atoms with Crippen LogP contribution in [0.1, 0.15) is 21.6 Å². The molecule has 8 heteroatoms. The summed E-state index contributed by atoms with van der Waals surface area (Å²) in [5.74, 6) is -0.0509. The molecule has 0 radical (unpaired) electrons. The lowest BCUT2D eigenvalue weighted by atomic mass is 10.1. The SMILES string of the molecule is COCc1c(C(=O)OC(CO)CO)ncc2[nH]c3ccc(OCc4ccccc4)cc3c12. The number of nitrogens with one attached hydrogen (secondary N) is 1.